The van der Waals surface area contributed by atoms with Crippen LogP contribution in [0.3, 0.4) is 0 Å². The van der Waals surface area contributed by atoms with Crippen LogP contribution in [0.1, 0.15) is 18.9 Å². The van der Waals surface area contributed by atoms with Crippen LogP contribution in [0.2, 0.25) is 5.02 Å². The lowest BCUT2D eigenvalue weighted by atomic mass is 9.98. The fraction of sp³-hybridized carbons (Fsp3) is 0.455. The molecular formula is C11H15ClO2. The number of halogens is 1. The van der Waals surface area contributed by atoms with Gasteiger partial charge in [0.2, 0.25) is 0 Å². The molecule has 1 aromatic rings. The predicted octanol–water partition coefficient (Wildman–Crippen LogP) is 2.02. The average Bonchev–Trinajstić information content (AvgIpc) is 2.17. The van der Waals surface area contributed by atoms with Gasteiger partial charge in [0.15, 0.2) is 0 Å². The predicted molar refractivity (Wildman–Crippen MR) is 57.5 cm³/mol. The van der Waals surface area contributed by atoms with E-state index in [4.69, 9.17) is 16.7 Å². The molecular weight excluding hydrogens is 200 g/mol. The van der Waals surface area contributed by atoms with Gasteiger partial charge in [-0.25, -0.2) is 0 Å². The van der Waals surface area contributed by atoms with Crippen molar-refractivity contribution in [3.63, 3.8) is 0 Å². The maximum Gasteiger partial charge on any atom is 0.0852 e. The van der Waals surface area contributed by atoms with Gasteiger partial charge in [-0.2, -0.15) is 0 Å². The van der Waals surface area contributed by atoms with E-state index >= 15 is 0 Å². The average molecular weight is 215 g/mol. The summed E-state index contributed by atoms with van der Waals surface area (Å²) in [5.41, 5.74) is 0.128. The number of benzene rings is 1. The molecule has 1 rings (SSSR count). The summed E-state index contributed by atoms with van der Waals surface area (Å²) in [7, 11) is 0. The topological polar surface area (TPSA) is 40.5 Å². The minimum absolute atomic E-state index is 0.208. The van der Waals surface area contributed by atoms with Crippen molar-refractivity contribution in [3.05, 3.63) is 34.9 Å². The Morgan fingerprint density at radius 3 is 2.36 bits per heavy atom. The van der Waals surface area contributed by atoms with Crippen molar-refractivity contribution < 1.29 is 10.2 Å². The van der Waals surface area contributed by atoms with E-state index < -0.39 is 5.60 Å². The number of hydrogen-bond donors (Lipinski definition) is 2. The van der Waals surface area contributed by atoms with Crippen LogP contribution in [0.4, 0.5) is 0 Å². The summed E-state index contributed by atoms with van der Waals surface area (Å²) in [5, 5.41) is 19.1. The Morgan fingerprint density at radius 1 is 1.29 bits per heavy atom. The van der Waals surface area contributed by atoms with Crippen LogP contribution < -0.4 is 0 Å². The Kier molecular flexibility index (Phi) is 3.93. The highest BCUT2D eigenvalue weighted by atomic mass is 35.5. The van der Waals surface area contributed by atoms with Gasteiger partial charge in [-0.1, -0.05) is 23.7 Å². The Hall–Kier alpha value is -0.570. The molecule has 1 aromatic carbocycles. The van der Waals surface area contributed by atoms with Gasteiger partial charge >= 0.3 is 0 Å². The highest BCUT2D eigenvalue weighted by Gasteiger charge is 2.18. The SMILES string of the molecule is CC(O)(CO)CCc1ccc(Cl)cc1. The van der Waals surface area contributed by atoms with E-state index in [-0.39, 0.29) is 6.61 Å². The molecule has 0 fully saturated rings. The second-order valence-electron chi connectivity index (χ2n) is 3.78. The molecule has 0 saturated carbocycles. The van der Waals surface area contributed by atoms with Gasteiger partial charge in [-0.3, -0.25) is 0 Å². The van der Waals surface area contributed by atoms with Crippen molar-refractivity contribution >= 4 is 11.6 Å². The van der Waals surface area contributed by atoms with Crippen LogP contribution in [0.25, 0.3) is 0 Å². The highest BCUT2D eigenvalue weighted by molar-refractivity contribution is 6.30. The van der Waals surface area contributed by atoms with Gasteiger partial charge in [0.25, 0.3) is 0 Å². The summed E-state index contributed by atoms with van der Waals surface area (Å²) < 4.78 is 0. The maximum atomic E-state index is 9.56. The van der Waals surface area contributed by atoms with Crippen molar-refractivity contribution in [2.24, 2.45) is 0 Å². The van der Waals surface area contributed by atoms with Crippen molar-refractivity contribution in [1.82, 2.24) is 0 Å². The van der Waals surface area contributed by atoms with Crippen LogP contribution in [0.15, 0.2) is 24.3 Å². The molecule has 0 aliphatic rings. The van der Waals surface area contributed by atoms with Crippen LogP contribution >= 0.6 is 11.6 Å². The molecule has 0 bridgehead atoms. The van der Waals surface area contributed by atoms with E-state index in [9.17, 15) is 5.11 Å². The molecule has 2 nitrogen and oxygen atoms in total. The third kappa shape index (κ3) is 3.66. The minimum Gasteiger partial charge on any atom is -0.393 e. The van der Waals surface area contributed by atoms with E-state index in [1.165, 1.54) is 0 Å². The first-order valence-electron chi connectivity index (χ1n) is 4.61. The second-order valence-corrected chi connectivity index (χ2v) is 4.22. The lowest BCUT2D eigenvalue weighted by Crippen LogP contribution is -2.29. The second kappa shape index (κ2) is 4.78. The van der Waals surface area contributed by atoms with Crippen molar-refractivity contribution in [2.75, 3.05) is 6.61 Å². The smallest absolute Gasteiger partial charge is 0.0852 e. The molecule has 14 heavy (non-hydrogen) atoms. The molecule has 0 heterocycles. The summed E-state index contributed by atoms with van der Waals surface area (Å²) in [4.78, 5) is 0. The molecule has 0 aromatic heterocycles. The summed E-state index contributed by atoms with van der Waals surface area (Å²) >= 11 is 5.74. The molecule has 3 heteroatoms. The van der Waals surface area contributed by atoms with E-state index in [2.05, 4.69) is 0 Å². The number of aliphatic hydroxyl groups excluding tert-OH is 1. The monoisotopic (exact) mass is 214 g/mol. The molecule has 1 unspecified atom stereocenters. The standard InChI is InChI=1S/C11H15ClO2/c1-11(14,8-13)7-6-9-2-4-10(12)5-3-9/h2-5,13-14H,6-8H2,1H3. The van der Waals surface area contributed by atoms with Crippen LogP contribution in [-0.2, 0) is 6.42 Å². The molecule has 1 atom stereocenters. The molecule has 2 N–H and O–H groups in total. The summed E-state index contributed by atoms with van der Waals surface area (Å²) in [6.45, 7) is 1.42. The first-order valence-corrected chi connectivity index (χ1v) is 4.99. The number of aryl methyl sites for hydroxylation is 1. The maximum absolute atomic E-state index is 9.56. The molecule has 0 aliphatic carbocycles. The van der Waals surface area contributed by atoms with Crippen LogP contribution in [0, 0.1) is 0 Å². The Labute approximate surface area is 89.1 Å². The van der Waals surface area contributed by atoms with Gasteiger partial charge in [0, 0.05) is 5.02 Å². The largest absolute Gasteiger partial charge is 0.393 e. The fourth-order valence-electron chi connectivity index (χ4n) is 1.14. The van der Waals surface area contributed by atoms with Crippen LogP contribution in [-0.4, -0.2) is 22.4 Å². The molecule has 78 valence electrons. The van der Waals surface area contributed by atoms with Crippen molar-refractivity contribution in [2.45, 2.75) is 25.4 Å². The number of aliphatic hydroxyl groups is 2. The lowest BCUT2D eigenvalue weighted by Gasteiger charge is -2.19. The molecule has 0 spiro atoms. The van der Waals surface area contributed by atoms with Crippen molar-refractivity contribution in [3.8, 4) is 0 Å². The third-order valence-corrected chi connectivity index (χ3v) is 2.46. The van der Waals surface area contributed by atoms with Gasteiger partial charge in [-0.15, -0.1) is 0 Å². The first-order chi connectivity index (χ1) is 6.53. The zero-order valence-corrected chi connectivity index (χ0v) is 8.96. The van der Waals surface area contributed by atoms with E-state index in [1.54, 1.807) is 6.92 Å². The Morgan fingerprint density at radius 2 is 1.86 bits per heavy atom. The van der Waals surface area contributed by atoms with Crippen molar-refractivity contribution in [1.29, 1.82) is 0 Å². The van der Waals surface area contributed by atoms with Gasteiger partial charge < -0.3 is 10.2 Å². The lowest BCUT2D eigenvalue weighted by molar-refractivity contribution is -0.00474. The van der Waals surface area contributed by atoms with Gasteiger partial charge in [0.1, 0.15) is 0 Å². The van der Waals surface area contributed by atoms with E-state index in [0.717, 1.165) is 12.0 Å². The summed E-state index contributed by atoms with van der Waals surface area (Å²) in [6.07, 6.45) is 1.29. The normalized spacial score (nSPS) is 15.1. The number of rotatable bonds is 4. The van der Waals surface area contributed by atoms with Gasteiger partial charge in [0.05, 0.1) is 12.2 Å². The molecule has 0 amide bonds. The Balaban J connectivity index is 2.50. The number of hydrogen-bond acceptors (Lipinski definition) is 2. The zero-order valence-electron chi connectivity index (χ0n) is 8.20. The third-order valence-electron chi connectivity index (χ3n) is 2.21. The minimum atomic E-state index is -0.986. The molecule has 0 radical (unpaired) electrons. The first kappa shape index (κ1) is 11.5. The highest BCUT2D eigenvalue weighted by Crippen LogP contribution is 2.15. The molecule has 0 saturated heterocycles. The quantitative estimate of drug-likeness (QED) is 0.805. The van der Waals surface area contributed by atoms with Gasteiger partial charge in [-0.05, 0) is 37.5 Å². The fourth-order valence-corrected chi connectivity index (χ4v) is 1.27. The summed E-state index contributed by atoms with van der Waals surface area (Å²) in [6, 6.07) is 7.50. The molecule has 0 aliphatic heterocycles. The van der Waals surface area contributed by atoms with E-state index in [1.807, 2.05) is 24.3 Å². The zero-order chi connectivity index (χ0) is 10.6. The van der Waals surface area contributed by atoms with Crippen LogP contribution in [0.5, 0.6) is 0 Å². The summed E-state index contributed by atoms with van der Waals surface area (Å²) in [5.74, 6) is 0. The Bertz CT molecular complexity index is 280. The van der Waals surface area contributed by atoms with E-state index in [0.29, 0.717) is 11.4 Å².